The summed E-state index contributed by atoms with van der Waals surface area (Å²) in [5, 5.41) is 17.2. The zero-order chi connectivity index (χ0) is 21.2. The minimum absolute atomic E-state index is 0.112. The van der Waals surface area contributed by atoms with Crippen molar-refractivity contribution in [1.82, 2.24) is 20.5 Å². The van der Waals surface area contributed by atoms with Gasteiger partial charge in [-0.15, -0.1) is 0 Å². The molecule has 1 atom stereocenters. The zero-order valence-corrected chi connectivity index (χ0v) is 16.4. The molecule has 0 bridgehead atoms. The Bertz CT molecular complexity index is 844. The molecule has 0 aliphatic carbocycles. The topological polar surface area (TPSA) is 124 Å². The Morgan fingerprint density at radius 2 is 1.76 bits per heavy atom. The number of amides is 4. The molecule has 2 rings (SSSR count). The van der Waals surface area contributed by atoms with Gasteiger partial charge in [0.05, 0.1) is 5.92 Å². The molecule has 0 fully saturated rings. The fourth-order valence-corrected chi connectivity index (χ4v) is 2.50. The Kier molecular flexibility index (Phi) is 7.96. The molecule has 154 valence electrons. The van der Waals surface area contributed by atoms with Crippen LogP contribution in [0, 0.1) is 5.92 Å². The number of carboxylic acids is 1. The molecule has 4 amide bonds. The van der Waals surface area contributed by atoms with Crippen molar-refractivity contribution in [2.45, 2.75) is 20.0 Å². The Balaban J connectivity index is 1.81. The van der Waals surface area contributed by atoms with E-state index < -0.39 is 11.9 Å². The highest BCUT2D eigenvalue weighted by atomic mass is 16.4. The number of benzene rings is 1. The number of nitrogens with zero attached hydrogens (tertiary/aromatic N) is 2. The van der Waals surface area contributed by atoms with Crippen molar-refractivity contribution in [3.8, 4) is 0 Å². The lowest BCUT2D eigenvalue weighted by atomic mass is 10.2. The number of urea groups is 2. The maximum absolute atomic E-state index is 12.1. The number of carbonyl (C=O) groups excluding carboxylic acids is 2. The SMILES string of the molecule is CC(CN(C)C(=O)NCc1cccc(NC(=O)NCc2ccncc2)c1)C(=O)O. The Morgan fingerprint density at radius 3 is 2.45 bits per heavy atom. The first-order chi connectivity index (χ1) is 13.8. The number of hydrogen-bond donors (Lipinski definition) is 4. The van der Waals surface area contributed by atoms with Gasteiger partial charge in [0.2, 0.25) is 0 Å². The number of rotatable bonds is 8. The molecule has 0 spiro atoms. The minimum Gasteiger partial charge on any atom is -0.481 e. The Hall–Kier alpha value is -3.62. The third-order valence-corrected chi connectivity index (χ3v) is 4.15. The van der Waals surface area contributed by atoms with Gasteiger partial charge < -0.3 is 26.0 Å². The van der Waals surface area contributed by atoms with Gasteiger partial charge in [0, 0.05) is 44.8 Å². The molecule has 29 heavy (non-hydrogen) atoms. The molecular weight excluding hydrogens is 374 g/mol. The maximum atomic E-state index is 12.1. The van der Waals surface area contributed by atoms with Crippen LogP contribution in [0.3, 0.4) is 0 Å². The van der Waals surface area contributed by atoms with Crippen molar-refractivity contribution in [3.05, 3.63) is 59.9 Å². The molecule has 0 radical (unpaired) electrons. The van der Waals surface area contributed by atoms with E-state index in [0.29, 0.717) is 12.2 Å². The summed E-state index contributed by atoms with van der Waals surface area (Å²) in [6, 6.07) is 10.0. The van der Waals surface area contributed by atoms with E-state index >= 15 is 0 Å². The number of nitrogens with one attached hydrogen (secondary N) is 3. The van der Waals surface area contributed by atoms with E-state index in [1.807, 2.05) is 18.2 Å². The molecule has 1 unspecified atom stereocenters. The van der Waals surface area contributed by atoms with E-state index in [1.165, 1.54) is 4.90 Å². The van der Waals surface area contributed by atoms with Gasteiger partial charge in [-0.3, -0.25) is 9.78 Å². The lowest BCUT2D eigenvalue weighted by molar-refractivity contribution is -0.141. The van der Waals surface area contributed by atoms with E-state index in [1.54, 1.807) is 44.6 Å². The summed E-state index contributed by atoms with van der Waals surface area (Å²) in [4.78, 5) is 40.3. The molecule has 9 heteroatoms. The summed E-state index contributed by atoms with van der Waals surface area (Å²) < 4.78 is 0. The van der Waals surface area contributed by atoms with Gasteiger partial charge in [0.1, 0.15) is 0 Å². The first kappa shape index (κ1) is 21.7. The van der Waals surface area contributed by atoms with E-state index in [9.17, 15) is 14.4 Å². The van der Waals surface area contributed by atoms with Crippen LogP contribution in [0.5, 0.6) is 0 Å². The van der Waals surface area contributed by atoms with Crippen molar-refractivity contribution in [3.63, 3.8) is 0 Å². The first-order valence-electron chi connectivity index (χ1n) is 9.09. The molecule has 9 nitrogen and oxygen atoms in total. The first-order valence-corrected chi connectivity index (χ1v) is 9.09. The largest absolute Gasteiger partial charge is 0.481 e. The van der Waals surface area contributed by atoms with Gasteiger partial charge >= 0.3 is 18.0 Å². The van der Waals surface area contributed by atoms with Gasteiger partial charge in [-0.05, 0) is 35.4 Å². The second-order valence-corrected chi connectivity index (χ2v) is 6.64. The average Bonchev–Trinajstić information content (AvgIpc) is 2.71. The third kappa shape index (κ3) is 7.49. The van der Waals surface area contributed by atoms with E-state index in [-0.39, 0.29) is 25.2 Å². The van der Waals surface area contributed by atoms with Gasteiger partial charge in [0.25, 0.3) is 0 Å². The summed E-state index contributed by atoms with van der Waals surface area (Å²) in [5.74, 6) is -1.60. The Morgan fingerprint density at radius 1 is 1.07 bits per heavy atom. The summed E-state index contributed by atoms with van der Waals surface area (Å²) in [6.45, 7) is 2.28. The van der Waals surface area contributed by atoms with Gasteiger partial charge in [-0.1, -0.05) is 19.1 Å². The summed E-state index contributed by atoms with van der Waals surface area (Å²) in [5.41, 5.74) is 2.33. The number of aromatic nitrogens is 1. The summed E-state index contributed by atoms with van der Waals surface area (Å²) in [7, 11) is 1.54. The number of hydrogen-bond acceptors (Lipinski definition) is 4. The van der Waals surface area contributed by atoms with Crippen LogP contribution in [0.15, 0.2) is 48.8 Å². The zero-order valence-electron chi connectivity index (χ0n) is 16.4. The normalized spacial score (nSPS) is 11.2. The highest BCUT2D eigenvalue weighted by Gasteiger charge is 2.17. The van der Waals surface area contributed by atoms with Crippen LogP contribution in [0.1, 0.15) is 18.1 Å². The van der Waals surface area contributed by atoms with Crippen LogP contribution in [-0.2, 0) is 17.9 Å². The lowest BCUT2D eigenvalue weighted by Crippen LogP contribution is -2.40. The molecule has 0 saturated carbocycles. The van der Waals surface area contributed by atoms with Crippen LogP contribution < -0.4 is 16.0 Å². The molecule has 0 aliphatic rings. The quantitative estimate of drug-likeness (QED) is 0.542. The second-order valence-electron chi connectivity index (χ2n) is 6.64. The molecular formula is C20H25N5O4. The third-order valence-electron chi connectivity index (χ3n) is 4.15. The maximum Gasteiger partial charge on any atom is 0.319 e. The van der Waals surface area contributed by atoms with Crippen LogP contribution in [0.25, 0.3) is 0 Å². The van der Waals surface area contributed by atoms with Crippen molar-refractivity contribution in [2.24, 2.45) is 5.92 Å². The number of anilines is 1. The molecule has 1 heterocycles. The van der Waals surface area contributed by atoms with E-state index in [4.69, 9.17) is 5.11 Å². The van der Waals surface area contributed by atoms with Gasteiger partial charge in [0.15, 0.2) is 0 Å². The van der Waals surface area contributed by atoms with Crippen molar-refractivity contribution < 1.29 is 19.5 Å². The molecule has 0 aliphatic heterocycles. The predicted molar refractivity (Wildman–Crippen MR) is 108 cm³/mol. The Labute approximate surface area is 169 Å². The monoisotopic (exact) mass is 399 g/mol. The van der Waals surface area contributed by atoms with E-state index in [0.717, 1.165) is 11.1 Å². The van der Waals surface area contributed by atoms with Crippen LogP contribution in [0.2, 0.25) is 0 Å². The highest BCUT2D eigenvalue weighted by molar-refractivity contribution is 5.89. The lowest BCUT2D eigenvalue weighted by Gasteiger charge is -2.20. The number of carboxylic acid groups (broad SMARTS) is 1. The number of carbonyl (C=O) groups is 3. The minimum atomic E-state index is -0.953. The second kappa shape index (κ2) is 10.6. The van der Waals surface area contributed by atoms with E-state index in [2.05, 4.69) is 20.9 Å². The summed E-state index contributed by atoms with van der Waals surface area (Å²) >= 11 is 0. The van der Waals surface area contributed by atoms with Crippen LogP contribution >= 0.6 is 0 Å². The molecule has 1 aromatic carbocycles. The smallest absolute Gasteiger partial charge is 0.319 e. The highest BCUT2D eigenvalue weighted by Crippen LogP contribution is 2.11. The van der Waals surface area contributed by atoms with Crippen molar-refractivity contribution in [2.75, 3.05) is 18.9 Å². The fourth-order valence-electron chi connectivity index (χ4n) is 2.50. The molecule has 0 saturated heterocycles. The number of aliphatic carboxylic acids is 1. The predicted octanol–water partition coefficient (Wildman–Crippen LogP) is 2.27. The molecule has 2 aromatic rings. The van der Waals surface area contributed by atoms with Gasteiger partial charge in [-0.2, -0.15) is 0 Å². The van der Waals surface area contributed by atoms with Crippen LogP contribution in [-0.4, -0.2) is 46.6 Å². The fraction of sp³-hybridized carbons (Fsp3) is 0.300. The average molecular weight is 399 g/mol. The van der Waals surface area contributed by atoms with Gasteiger partial charge in [-0.25, -0.2) is 9.59 Å². The van der Waals surface area contributed by atoms with Crippen molar-refractivity contribution in [1.29, 1.82) is 0 Å². The summed E-state index contributed by atoms with van der Waals surface area (Å²) in [6.07, 6.45) is 3.32. The molecule has 1 aromatic heterocycles. The molecule has 4 N–H and O–H groups in total. The standard InChI is InChI=1S/C20H25N5O4/c1-14(18(26)27)13-25(2)20(29)23-12-16-4-3-5-17(10-16)24-19(28)22-11-15-6-8-21-9-7-15/h3-10,14H,11-13H2,1-2H3,(H,23,29)(H,26,27)(H2,22,24,28). The van der Waals surface area contributed by atoms with Crippen molar-refractivity contribution >= 4 is 23.7 Å². The van der Waals surface area contributed by atoms with Crippen LogP contribution in [0.4, 0.5) is 15.3 Å². The number of pyridine rings is 1.